The van der Waals surface area contributed by atoms with Crippen LogP contribution in [-0.4, -0.2) is 27.3 Å². The number of carbonyl (C=O) groups excluding carboxylic acids is 1. The summed E-state index contributed by atoms with van der Waals surface area (Å²) in [6.07, 6.45) is 1.03. The van der Waals surface area contributed by atoms with Crippen molar-refractivity contribution in [1.82, 2.24) is 0 Å². The molecule has 0 heterocycles. The van der Waals surface area contributed by atoms with Gasteiger partial charge in [0.1, 0.15) is 0 Å². The minimum Gasteiger partial charge on any atom is -0.469 e. The van der Waals surface area contributed by atoms with E-state index in [0.29, 0.717) is 0 Å². The molecule has 0 unspecified atom stereocenters. The summed E-state index contributed by atoms with van der Waals surface area (Å²) in [5.41, 5.74) is 2.74. The van der Waals surface area contributed by atoms with Gasteiger partial charge in [-0.3, -0.25) is 4.79 Å². The van der Waals surface area contributed by atoms with Crippen LogP contribution in [0.15, 0.2) is 60.7 Å². The van der Waals surface area contributed by atoms with Crippen molar-refractivity contribution < 1.29 is 14.3 Å². The van der Waals surface area contributed by atoms with E-state index in [2.05, 4.69) is 70.1 Å². The second-order valence-corrected chi connectivity index (χ2v) is 4.25. The van der Waals surface area contributed by atoms with E-state index in [0.717, 1.165) is 6.42 Å². The van der Waals surface area contributed by atoms with Gasteiger partial charge in [-0.15, -0.1) is 0 Å². The van der Waals surface area contributed by atoms with Gasteiger partial charge in [0, 0.05) is 21.1 Å². The predicted octanol–water partition coefficient (Wildman–Crippen LogP) is 7.82. The van der Waals surface area contributed by atoms with Gasteiger partial charge < -0.3 is 9.47 Å². The lowest BCUT2D eigenvalue weighted by molar-refractivity contribution is -0.137. The molecule has 170 valence electrons. The Balaban J connectivity index is -0.000000101. The highest BCUT2D eigenvalue weighted by atomic mass is 16.5. The zero-order valence-corrected chi connectivity index (χ0v) is 21.2. The minimum absolute atomic E-state index is 0.245. The number of rotatable bonds is 2. The lowest BCUT2D eigenvalue weighted by atomic mass is 10.1. The standard InChI is InChI=1S/C13H12.C3H6O2.C2H6O.4C2H6/c1-3-7-12(8-4-1)11-13-9-5-2-6-10-13;1-3(4)5-2;1-3-2;4*1-2/h1-10H,11H2;1-2H3;1-2H3;4*1-2H3. The van der Waals surface area contributed by atoms with Crippen molar-refractivity contribution in [1.29, 1.82) is 0 Å². The number of ether oxygens (including phenoxy) is 2. The first-order valence-corrected chi connectivity index (χ1v) is 10.7. The summed E-state index contributed by atoms with van der Waals surface area (Å²) in [5.74, 6) is -0.245. The molecular formula is C26H48O3. The minimum atomic E-state index is -0.245. The van der Waals surface area contributed by atoms with Crippen LogP contribution in [0.3, 0.4) is 0 Å². The van der Waals surface area contributed by atoms with E-state index in [1.165, 1.54) is 25.2 Å². The van der Waals surface area contributed by atoms with E-state index in [1.807, 2.05) is 55.4 Å². The monoisotopic (exact) mass is 408 g/mol. The highest BCUT2D eigenvalue weighted by Crippen LogP contribution is 2.07. The van der Waals surface area contributed by atoms with Crippen LogP contribution in [0.4, 0.5) is 0 Å². The van der Waals surface area contributed by atoms with Gasteiger partial charge in [-0.05, 0) is 17.5 Å². The molecule has 2 rings (SSSR count). The van der Waals surface area contributed by atoms with Crippen LogP contribution in [0.2, 0.25) is 0 Å². The molecule has 0 N–H and O–H groups in total. The van der Waals surface area contributed by atoms with Crippen LogP contribution in [0.1, 0.15) is 73.4 Å². The van der Waals surface area contributed by atoms with Crippen molar-refractivity contribution in [2.75, 3.05) is 21.3 Å². The Kier molecular flexibility index (Phi) is 52.5. The Labute approximate surface area is 182 Å². The predicted molar refractivity (Wildman–Crippen MR) is 132 cm³/mol. The van der Waals surface area contributed by atoms with Crippen molar-refractivity contribution >= 4 is 5.97 Å². The SMILES string of the molecule is CC.CC.CC.CC.COC.COC(C)=O.c1ccc(Cc2ccccc2)cc1. The van der Waals surface area contributed by atoms with Crippen LogP contribution in [0.5, 0.6) is 0 Å². The zero-order chi connectivity index (χ0) is 23.9. The maximum Gasteiger partial charge on any atom is 0.302 e. The van der Waals surface area contributed by atoms with Crippen molar-refractivity contribution in [3.8, 4) is 0 Å². The number of methoxy groups -OCH3 is 2. The number of esters is 1. The summed E-state index contributed by atoms with van der Waals surface area (Å²) in [6, 6.07) is 21.1. The fourth-order valence-electron chi connectivity index (χ4n) is 1.43. The number of carbonyl (C=O) groups is 1. The molecule has 0 saturated heterocycles. The number of hydrogen-bond acceptors (Lipinski definition) is 3. The molecule has 0 bridgehead atoms. The van der Waals surface area contributed by atoms with Crippen LogP contribution in [0.25, 0.3) is 0 Å². The summed E-state index contributed by atoms with van der Waals surface area (Å²) in [4.78, 5) is 9.59. The fourth-order valence-corrected chi connectivity index (χ4v) is 1.43. The molecular weight excluding hydrogens is 360 g/mol. The lowest BCUT2D eigenvalue weighted by Crippen LogP contribution is -1.88. The third-order valence-corrected chi connectivity index (χ3v) is 2.38. The van der Waals surface area contributed by atoms with E-state index >= 15 is 0 Å². The van der Waals surface area contributed by atoms with E-state index in [1.54, 1.807) is 14.2 Å². The molecule has 2 aromatic carbocycles. The average Bonchev–Trinajstić information content (AvgIpc) is 2.81. The third kappa shape index (κ3) is 37.3. The third-order valence-electron chi connectivity index (χ3n) is 2.38. The van der Waals surface area contributed by atoms with Crippen LogP contribution in [-0.2, 0) is 20.7 Å². The zero-order valence-electron chi connectivity index (χ0n) is 21.2. The molecule has 0 aliphatic heterocycles. The Hall–Kier alpha value is -2.13. The molecule has 0 saturated carbocycles. The van der Waals surface area contributed by atoms with E-state index in [4.69, 9.17) is 0 Å². The molecule has 0 aliphatic carbocycles. The van der Waals surface area contributed by atoms with Gasteiger partial charge in [0.15, 0.2) is 0 Å². The summed E-state index contributed by atoms with van der Waals surface area (Å²) in [7, 11) is 4.60. The van der Waals surface area contributed by atoms with E-state index in [9.17, 15) is 4.79 Å². The van der Waals surface area contributed by atoms with Crippen LogP contribution < -0.4 is 0 Å². The highest BCUT2D eigenvalue weighted by Gasteiger charge is 1.92. The van der Waals surface area contributed by atoms with Gasteiger partial charge in [0.25, 0.3) is 0 Å². The first-order chi connectivity index (χ1) is 14.1. The topological polar surface area (TPSA) is 35.5 Å². The van der Waals surface area contributed by atoms with Crippen molar-refractivity contribution in [3.05, 3.63) is 71.8 Å². The number of hydrogen-bond donors (Lipinski definition) is 0. The Morgan fingerprint density at radius 2 is 0.828 bits per heavy atom. The normalized spacial score (nSPS) is 7.03. The molecule has 29 heavy (non-hydrogen) atoms. The Morgan fingerprint density at radius 3 is 1.00 bits per heavy atom. The smallest absolute Gasteiger partial charge is 0.302 e. The Bertz CT molecular complexity index is 430. The van der Waals surface area contributed by atoms with E-state index in [-0.39, 0.29) is 5.97 Å². The summed E-state index contributed by atoms with van der Waals surface area (Å²) in [5, 5.41) is 0. The first kappa shape index (κ1) is 37.6. The lowest BCUT2D eigenvalue weighted by Gasteiger charge is -2.00. The molecule has 0 spiro atoms. The van der Waals surface area contributed by atoms with E-state index < -0.39 is 0 Å². The molecule has 0 fully saturated rings. The second-order valence-electron chi connectivity index (χ2n) is 4.25. The molecule has 0 aliphatic rings. The van der Waals surface area contributed by atoms with Crippen molar-refractivity contribution in [3.63, 3.8) is 0 Å². The van der Waals surface area contributed by atoms with Gasteiger partial charge in [-0.2, -0.15) is 0 Å². The fraction of sp³-hybridized carbons (Fsp3) is 0.500. The quantitative estimate of drug-likeness (QED) is 0.475. The van der Waals surface area contributed by atoms with Crippen LogP contribution >= 0.6 is 0 Å². The van der Waals surface area contributed by atoms with Gasteiger partial charge in [-0.25, -0.2) is 0 Å². The van der Waals surface area contributed by atoms with Gasteiger partial charge in [0.2, 0.25) is 0 Å². The summed E-state index contributed by atoms with van der Waals surface area (Å²) >= 11 is 0. The maximum absolute atomic E-state index is 9.59. The van der Waals surface area contributed by atoms with Gasteiger partial charge >= 0.3 is 5.97 Å². The molecule has 0 radical (unpaired) electrons. The summed E-state index contributed by atoms with van der Waals surface area (Å²) in [6.45, 7) is 17.4. The molecule has 3 heteroatoms. The molecule has 0 aromatic heterocycles. The maximum atomic E-state index is 9.59. The largest absolute Gasteiger partial charge is 0.469 e. The Morgan fingerprint density at radius 1 is 0.621 bits per heavy atom. The van der Waals surface area contributed by atoms with Crippen LogP contribution in [0, 0.1) is 0 Å². The molecule has 3 nitrogen and oxygen atoms in total. The van der Waals surface area contributed by atoms with Gasteiger partial charge in [0.05, 0.1) is 7.11 Å². The number of benzene rings is 2. The molecule has 2 aromatic rings. The van der Waals surface area contributed by atoms with Crippen molar-refractivity contribution in [2.24, 2.45) is 0 Å². The first-order valence-electron chi connectivity index (χ1n) is 10.7. The summed E-state index contributed by atoms with van der Waals surface area (Å²) < 4.78 is 8.36. The second kappa shape index (κ2) is 40.5. The van der Waals surface area contributed by atoms with Crippen molar-refractivity contribution in [2.45, 2.75) is 68.7 Å². The van der Waals surface area contributed by atoms with Gasteiger partial charge in [-0.1, -0.05) is 116 Å². The molecule has 0 amide bonds. The molecule has 0 atom stereocenters. The average molecular weight is 409 g/mol. The highest BCUT2D eigenvalue weighted by molar-refractivity contribution is 5.65.